The molecule has 6 heteroatoms. The van der Waals surface area contributed by atoms with Crippen molar-refractivity contribution in [2.24, 2.45) is 5.73 Å². The molecule has 0 aliphatic rings. The number of halogens is 3. The van der Waals surface area contributed by atoms with Crippen LogP contribution >= 0.6 is 0 Å². The van der Waals surface area contributed by atoms with Crippen LogP contribution in [0.25, 0.3) is 0 Å². The van der Waals surface area contributed by atoms with Gasteiger partial charge in [0.1, 0.15) is 18.1 Å². The van der Waals surface area contributed by atoms with Crippen molar-refractivity contribution in [3.8, 4) is 0 Å². The van der Waals surface area contributed by atoms with Crippen molar-refractivity contribution in [2.45, 2.75) is 39.1 Å². The molecule has 98 valence electrons. The van der Waals surface area contributed by atoms with E-state index in [4.69, 9.17) is 14.9 Å². The summed E-state index contributed by atoms with van der Waals surface area (Å²) in [5, 5.41) is 0. The molecule has 0 bridgehead atoms. The van der Waals surface area contributed by atoms with Gasteiger partial charge < -0.3 is 14.9 Å². The average molecular weight is 251 g/mol. The molecule has 0 fully saturated rings. The van der Waals surface area contributed by atoms with E-state index in [0.29, 0.717) is 12.3 Å². The van der Waals surface area contributed by atoms with E-state index in [1.165, 1.54) is 0 Å². The maximum Gasteiger partial charge on any atom is 0.389 e. The maximum absolute atomic E-state index is 11.8. The van der Waals surface area contributed by atoms with Crippen molar-refractivity contribution >= 4 is 0 Å². The highest BCUT2D eigenvalue weighted by Gasteiger charge is 2.25. The topological polar surface area (TPSA) is 48.4 Å². The molecular weight excluding hydrogens is 235 g/mol. The Morgan fingerprint density at radius 3 is 2.65 bits per heavy atom. The van der Waals surface area contributed by atoms with Crippen LogP contribution in [0.3, 0.4) is 0 Å². The van der Waals surface area contributed by atoms with Crippen LogP contribution in [-0.2, 0) is 17.9 Å². The fraction of sp³-hybridized carbons (Fsp3) is 0.636. The quantitative estimate of drug-likeness (QED) is 0.791. The number of furan rings is 1. The summed E-state index contributed by atoms with van der Waals surface area (Å²) in [6.07, 6.45) is -4.97. The lowest BCUT2D eigenvalue weighted by atomic mass is 10.2. The molecule has 0 atom stereocenters. The fourth-order valence-corrected chi connectivity index (χ4v) is 1.41. The Labute approximate surface area is 97.7 Å². The van der Waals surface area contributed by atoms with E-state index in [9.17, 15) is 13.2 Å². The van der Waals surface area contributed by atoms with Gasteiger partial charge in [0.2, 0.25) is 0 Å². The van der Waals surface area contributed by atoms with Crippen LogP contribution in [0.4, 0.5) is 13.2 Å². The molecule has 1 aromatic heterocycles. The van der Waals surface area contributed by atoms with Gasteiger partial charge in [-0.2, -0.15) is 13.2 Å². The molecule has 3 nitrogen and oxygen atoms in total. The minimum atomic E-state index is -4.11. The highest BCUT2D eigenvalue weighted by atomic mass is 19.4. The predicted octanol–water partition coefficient (Wildman–Crippen LogP) is 2.91. The lowest BCUT2D eigenvalue weighted by Gasteiger charge is -2.05. The highest BCUT2D eigenvalue weighted by molar-refractivity contribution is 5.19. The van der Waals surface area contributed by atoms with Crippen molar-refractivity contribution in [3.05, 3.63) is 23.2 Å². The number of aryl methyl sites for hydroxylation is 1. The second-order valence-corrected chi connectivity index (χ2v) is 3.77. The van der Waals surface area contributed by atoms with Crippen molar-refractivity contribution in [1.82, 2.24) is 0 Å². The minimum absolute atomic E-state index is 0.0348. The lowest BCUT2D eigenvalue weighted by molar-refractivity contribution is -0.138. The summed E-state index contributed by atoms with van der Waals surface area (Å²) < 4.78 is 45.9. The standard InChI is InChI=1S/C11H16F3NO2/c1-8-9(6-15)5-10(17-8)7-16-4-2-3-11(12,13)14/h5H,2-4,6-7,15H2,1H3. The molecule has 0 spiro atoms. The minimum Gasteiger partial charge on any atom is -0.464 e. The van der Waals surface area contributed by atoms with Crippen LogP contribution in [0.15, 0.2) is 10.5 Å². The molecule has 1 rings (SSSR count). The smallest absolute Gasteiger partial charge is 0.389 e. The highest BCUT2D eigenvalue weighted by Crippen LogP contribution is 2.21. The van der Waals surface area contributed by atoms with E-state index in [0.717, 1.165) is 11.3 Å². The van der Waals surface area contributed by atoms with Crippen LogP contribution in [0.1, 0.15) is 29.9 Å². The van der Waals surface area contributed by atoms with E-state index in [1.807, 2.05) is 0 Å². The molecular formula is C11H16F3NO2. The molecule has 0 saturated carbocycles. The number of ether oxygens (including phenoxy) is 1. The van der Waals surface area contributed by atoms with E-state index in [1.54, 1.807) is 13.0 Å². The van der Waals surface area contributed by atoms with Crippen molar-refractivity contribution in [3.63, 3.8) is 0 Å². The van der Waals surface area contributed by atoms with Gasteiger partial charge in [0.05, 0.1) is 0 Å². The van der Waals surface area contributed by atoms with Crippen molar-refractivity contribution in [1.29, 1.82) is 0 Å². The van der Waals surface area contributed by atoms with Crippen LogP contribution < -0.4 is 5.73 Å². The first kappa shape index (κ1) is 14.1. The zero-order chi connectivity index (χ0) is 12.9. The molecule has 0 aliphatic carbocycles. The molecule has 0 aliphatic heterocycles. The third-order valence-corrected chi connectivity index (χ3v) is 2.28. The maximum atomic E-state index is 11.8. The first-order valence-electron chi connectivity index (χ1n) is 5.35. The normalized spacial score (nSPS) is 12.1. The summed E-state index contributed by atoms with van der Waals surface area (Å²) in [5.74, 6) is 1.32. The zero-order valence-electron chi connectivity index (χ0n) is 9.64. The SMILES string of the molecule is Cc1oc(COCCCC(F)(F)F)cc1CN. The number of hydrogen-bond acceptors (Lipinski definition) is 3. The van der Waals surface area contributed by atoms with Crippen LogP contribution in [0, 0.1) is 6.92 Å². The molecule has 1 aromatic rings. The lowest BCUT2D eigenvalue weighted by Crippen LogP contribution is -2.08. The monoisotopic (exact) mass is 251 g/mol. The van der Waals surface area contributed by atoms with E-state index in [2.05, 4.69) is 0 Å². The van der Waals surface area contributed by atoms with E-state index < -0.39 is 12.6 Å². The summed E-state index contributed by atoms with van der Waals surface area (Å²) in [5.41, 5.74) is 6.35. The van der Waals surface area contributed by atoms with Gasteiger partial charge in [-0.3, -0.25) is 0 Å². The van der Waals surface area contributed by atoms with E-state index in [-0.39, 0.29) is 19.6 Å². The second-order valence-electron chi connectivity index (χ2n) is 3.77. The Hall–Kier alpha value is -1.01. The summed E-state index contributed by atoms with van der Waals surface area (Å²) in [6.45, 7) is 2.41. The Kier molecular flexibility index (Phi) is 5.02. The van der Waals surface area contributed by atoms with Crippen molar-refractivity contribution < 1.29 is 22.3 Å². The van der Waals surface area contributed by atoms with Gasteiger partial charge in [0, 0.05) is 25.1 Å². The Balaban J connectivity index is 2.22. The molecule has 0 amide bonds. The Morgan fingerprint density at radius 1 is 1.41 bits per heavy atom. The van der Waals surface area contributed by atoms with Gasteiger partial charge in [-0.15, -0.1) is 0 Å². The van der Waals surface area contributed by atoms with Gasteiger partial charge in [0.25, 0.3) is 0 Å². The Morgan fingerprint density at radius 2 is 2.12 bits per heavy atom. The molecule has 0 radical (unpaired) electrons. The van der Waals surface area contributed by atoms with Gasteiger partial charge >= 0.3 is 6.18 Å². The number of nitrogens with two attached hydrogens (primary N) is 1. The Bertz CT molecular complexity index is 347. The van der Waals surface area contributed by atoms with Gasteiger partial charge in [-0.25, -0.2) is 0 Å². The molecule has 0 saturated heterocycles. The molecule has 1 heterocycles. The van der Waals surface area contributed by atoms with Crippen LogP contribution in [0.5, 0.6) is 0 Å². The van der Waals surface area contributed by atoms with E-state index >= 15 is 0 Å². The van der Waals surface area contributed by atoms with Gasteiger partial charge in [-0.05, 0) is 19.4 Å². The average Bonchev–Trinajstić information content (AvgIpc) is 2.57. The molecule has 0 aromatic carbocycles. The predicted molar refractivity (Wildman–Crippen MR) is 56.3 cm³/mol. The molecule has 17 heavy (non-hydrogen) atoms. The number of hydrogen-bond donors (Lipinski definition) is 1. The van der Waals surface area contributed by atoms with Crippen LogP contribution in [-0.4, -0.2) is 12.8 Å². The molecule has 0 unspecified atom stereocenters. The second kappa shape index (κ2) is 6.07. The summed E-state index contributed by atoms with van der Waals surface area (Å²) in [7, 11) is 0. The zero-order valence-corrected chi connectivity index (χ0v) is 9.64. The van der Waals surface area contributed by atoms with Gasteiger partial charge in [0.15, 0.2) is 0 Å². The van der Waals surface area contributed by atoms with Gasteiger partial charge in [-0.1, -0.05) is 0 Å². The number of rotatable bonds is 6. The summed E-state index contributed by atoms with van der Waals surface area (Å²) >= 11 is 0. The summed E-state index contributed by atoms with van der Waals surface area (Å²) in [4.78, 5) is 0. The molecule has 2 N–H and O–H groups in total. The number of alkyl halides is 3. The third-order valence-electron chi connectivity index (χ3n) is 2.28. The van der Waals surface area contributed by atoms with Crippen molar-refractivity contribution in [2.75, 3.05) is 6.61 Å². The first-order chi connectivity index (χ1) is 7.92. The fourth-order valence-electron chi connectivity index (χ4n) is 1.41. The van der Waals surface area contributed by atoms with Crippen LogP contribution in [0.2, 0.25) is 0 Å². The first-order valence-corrected chi connectivity index (χ1v) is 5.35. The third kappa shape index (κ3) is 5.23. The summed E-state index contributed by atoms with van der Waals surface area (Å²) in [6, 6.07) is 1.76. The largest absolute Gasteiger partial charge is 0.464 e.